The van der Waals surface area contributed by atoms with E-state index in [0.717, 1.165) is 6.42 Å². The molecule has 5 heteroatoms. The molecule has 0 aromatic rings. The number of carbonyl (C=O) groups excluding carboxylic acids is 1. The Bertz CT molecular complexity index is 270. The first-order chi connectivity index (χ1) is 6.93. The summed E-state index contributed by atoms with van der Waals surface area (Å²) in [7, 11) is 0. The summed E-state index contributed by atoms with van der Waals surface area (Å²) >= 11 is 4.78. The van der Waals surface area contributed by atoms with E-state index in [1.54, 1.807) is 11.8 Å². The van der Waals surface area contributed by atoms with Gasteiger partial charge < -0.3 is 15.7 Å². The number of nitrogens with zero attached hydrogens (tertiary/aromatic N) is 1. The summed E-state index contributed by atoms with van der Waals surface area (Å²) in [6, 6.07) is 0. The van der Waals surface area contributed by atoms with E-state index >= 15 is 0 Å². The Kier molecular flexibility index (Phi) is 4.04. The molecule has 0 bridgehead atoms. The molecule has 1 rings (SSSR count). The first-order valence-electron chi connectivity index (χ1n) is 5.19. The van der Waals surface area contributed by atoms with Crippen LogP contribution in [0.5, 0.6) is 0 Å². The van der Waals surface area contributed by atoms with Crippen LogP contribution in [0, 0.1) is 11.8 Å². The summed E-state index contributed by atoms with van der Waals surface area (Å²) in [6.07, 6.45) is 0.401. The minimum absolute atomic E-state index is 0.0755. The molecule has 1 heterocycles. The number of hydrogen-bond acceptors (Lipinski definition) is 3. The van der Waals surface area contributed by atoms with E-state index in [0.29, 0.717) is 13.1 Å². The van der Waals surface area contributed by atoms with Crippen molar-refractivity contribution in [3.63, 3.8) is 0 Å². The van der Waals surface area contributed by atoms with Gasteiger partial charge in [0.15, 0.2) is 0 Å². The largest absolute Gasteiger partial charge is 0.393 e. The minimum atomic E-state index is -0.430. The Hall–Kier alpha value is -0.680. The molecule has 1 aliphatic rings. The summed E-state index contributed by atoms with van der Waals surface area (Å²) in [5, 5.41) is 9.66. The second-order valence-electron chi connectivity index (χ2n) is 4.24. The second-order valence-corrected chi connectivity index (χ2v) is 4.71. The zero-order valence-corrected chi connectivity index (χ0v) is 9.96. The lowest BCUT2D eigenvalue weighted by Gasteiger charge is -2.35. The zero-order valence-electron chi connectivity index (χ0n) is 9.14. The van der Waals surface area contributed by atoms with Crippen LogP contribution >= 0.6 is 12.2 Å². The summed E-state index contributed by atoms with van der Waals surface area (Å²) in [6.45, 7) is 4.77. The molecule has 1 saturated heterocycles. The Morgan fingerprint density at radius 2 is 2.27 bits per heavy atom. The van der Waals surface area contributed by atoms with Crippen molar-refractivity contribution >= 4 is 23.1 Å². The SMILES string of the molecule is CC(C(=O)N1CCC(C)C(O)C1)C(N)=S. The molecule has 4 nitrogen and oxygen atoms in total. The molecule has 0 radical (unpaired) electrons. The average Bonchev–Trinajstić information content (AvgIpc) is 2.19. The van der Waals surface area contributed by atoms with Crippen molar-refractivity contribution in [3.05, 3.63) is 0 Å². The number of likely N-dealkylation sites (tertiary alicyclic amines) is 1. The number of aliphatic hydroxyl groups is 1. The normalized spacial score (nSPS) is 28.6. The number of carbonyl (C=O) groups is 1. The maximum atomic E-state index is 11.8. The third kappa shape index (κ3) is 2.89. The van der Waals surface area contributed by atoms with Gasteiger partial charge in [0.2, 0.25) is 5.91 Å². The predicted octanol–water partition coefficient (Wildman–Crippen LogP) is 0.138. The second kappa shape index (κ2) is 4.90. The van der Waals surface area contributed by atoms with Crippen molar-refractivity contribution < 1.29 is 9.90 Å². The number of β-amino-alcohol motifs (C(OH)–C–C–N with tert-alkyl or cyclic N) is 1. The molecular weight excluding hydrogens is 212 g/mol. The van der Waals surface area contributed by atoms with Gasteiger partial charge in [-0.3, -0.25) is 4.79 Å². The molecule has 0 aliphatic carbocycles. The van der Waals surface area contributed by atoms with Crippen LogP contribution in [-0.2, 0) is 4.79 Å². The number of thiocarbonyl (C=S) groups is 1. The maximum absolute atomic E-state index is 11.8. The van der Waals surface area contributed by atoms with E-state index in [1.807, 2.05) is 6.92 Å². The molecule has 0 spiro atoms. The smallest absolute Gasteiger partial charge is 0.232 e. The first-order valence-corrected chi connectivity index (χ1v) is 5.60. The Balaban J connectivity index is 2.58. The molecule has 3 unspecified atom stereocenters. The van der Waals surface area contributed by atoms with Crippen molar-refractivity contribution in [2.45, 2.75) is 26.4 Å². The molecular formula is C10H18N2O2S. The molecule has 0 saturated carbocycles. The highest BCUT2D eigenvalue weighted by atomic mass is 32.1. The lowest BCUT2D eigenvalue weighted by molar-refractivity contribution is -0.137. The first kappa shape index (κ1) is 12.4. The molecule has 3 N–H and O–H groups in total. The van der Waals surface area contributed by atoms with Crippen LogP contribution in [0.25, 0.3) is 0 Å². The van der Waals surface area contributed by atoms with Crippen LogP contribution in [0.15, 0.2) is 0 Å². The van der Waals surface area contributed by atoms with E-state index < -0.39 is 12.0 Å². The standard InChI is InChI=1S/C10H18N2O2S/c1-6-3-4-12(5-8(6)13)10(14)7(2)9(11)15/h6-8,13H,3-5H2,1-2H3,(H2,11,15). The van der Waals surface area contributed by atoms with E-state index in [2.05, 4.69) is 0 Å². The van der Waals surface area contributed by atoms with Gasteiger partial charge in [0, 0.05) is 13.1 Å². The number of amides is 1. The quantitative estimate of drug-likeness (QED) is 0.662. The topological polar surface area (TPSA) is 66.6 Å². The molecule has 1 fully saturated rings. The van der Waals surface area contributed by atoms with E-state index in [4.69, 9.17) is 18.0 Å². The molecule has 1 amide bonds. The summed E-state index contributed by atoms with van der Waals surface area (Å²) in [5.74, 6) is -0.247. The lowest BCUT2D eigenvalue weighted by atomic mass is 9.95. The highest BCUT2D eigenvalue weighted by Crippen LogP contribution is 2.18. The summed E-state index contributed by atoms with van der Waals surface area (Å²) in [5.41, 5.74) is 5.43. The van der Waals surface area contributed by atoms with Crippen LogP contribution in [0.1, 0.15) is 20.3 Å². The van der Waals surface area contributed by atoms with Crippen molar-refractivity contribution in [3.8, 4) is 0 Å². The monoisotopic (exact) mass is 230 g/mol. The number of hydrogen-bond donors (Lipinski definition) is 2. The number of piperidine rings is 1. The fourth-order valence-corrected chi connectivity index (χ4v) is 1.75. The summed E-state index contributed by atoms with van der Waals surface area (Å²) < 4.78 is 0. The molecule has 3 atom stereocenters. The Labute approximate surface area is 95.4 Å². The van der Waals surface area contributed by atoms with Gasteiger partial charge in [-0.1, -0.05) is 19.1 Å². The van der Waals surface area contributed by atoms with Gasteiger partial charge in [-0.2, -0.15) is 0 Å². The van der Waals surface area contributed by atoms with E-state index in [-0.39, 0.29) is 16.8 Å². The summed E-state index contributed by atoms with van der Waals surface area (Å²) in [4.78, 5) is 13.7. The molecule has 15 heavy (non-hydrogen) atoms. The zero-order chi connectivity index (χ0) is 11.6. The van der Waals surface area contributed by atoms with Gasteiger partial charge in [0.05, 0.1) is 17.0 Å². The van der Waals surface area contributed by atoms with E-state index in [9.17, 15) is 9.90 Å². The minimum Gasteiger partial charge on any atom is -0.393 e. The number of nitrogens with two attached hydrogens (primary N) is 1. The van der Waals surface area contributed by atoms with Crippen LogP contribution in [0.4, 0.5) is 0 Å². The van der Waals surface area contributed by atoms with Crippen molar-refractivity contribution in [2.75, 3.05) is 13.1 Å². The van der Waals surface area contributed by atoms with Crippen LogP contribution in [0.2, 0.25) is 0 Å². The van der Waals surface area contributed by atoms with Crippen LogP contribution < -0.4 is 5.73 Å². The predicted molar refractivity (Wildman–Crippen MR) is 62.3 cm³/mol. The van der Waals surface area contributed by atoms with Crippen LogP contribution in [-0.4, -0.2) is 40.1 Å². The lowest BCUT2D eigenvalue weighted by Crippen LogP contribution is -2.49. The third-order valence-electron chi connectivity index (χ3n) is 3.03. The van der Waals surface area contributed by atoms with Crippen molar-refractivity contribution in [1.82, 2.24) is 4.90 Å². The van der Waals surface area contributed by atoms with Gasteiger partial charge in [0.25, 0.3) is 0 Å². The number of rotatable bonds is 2. The highest BCUT2D eigenvalue weighted by molar-refractivity contribution is 7.80. The molecule has 0 aromatic heterocycles. The van der Waals surface area contributed by atoms with Crippen molar-refractivity contribution in [1.29, 1.82) is 0 Å². The molecule has 86 valence electrons. The fraction of sp³-hybridized carbons (Fsp3) is 0.800. The highest BCUT2D eigenvalue weighted by Gasteiger charge is 2.30. The van der Waals surface area contributed by atoms with Gasteiger partial charge in [0.1, 0.15) is 0 Å². The van der Waals surface area contributed by atoms with E-state index in [1.165, 1.54) is 0 Å². The van der Waals surface area contributed by atoms with Gasteiger partial charge in [-0.15, -0.1) is 0 Å². The fourth-order valence-electron chi connectivity index (χ4n) is 1.64. The van der Waals surface area contributed by atoms with Gasteiger partial charge >= 0.3 is 0 Å². The van der Waals surface area contributed by atoms with Crippen LogP contribution in [0.3, 0.4) is 0 Å². The van der Waals surface area contributed by atoms with Gasteiger partial charge in [-0.25, -0.2) is 0 Å². The molecule has 1 aliphatic heterocycles. The number of aliphatic hydroxyl groups excluding tert-OH is 1. The Morgan fingerprint density at radius 3 is 2.73 bits per heavy atom. The maximum Gasteiger partial charge on any atom is 0.232 e. The Morgan fingerprint density at radius 1 is 1.67 bits per heavy atom. The van der Waals surface area contributed by atoms with Gasteiger partial charge in [-0.05, 0) is 19.3 Å². The van der Waals surface area contributed by atoms with Crippen molar-refractivity contribution in [2.24, 2.45) is 17.6 Å². The average molecular weight is 230 g/mol. The third-order valence-corrected chi connectivity index (χ3v) is 3.38. The molecule has 0 aromatic carbocycles.